The van der Waals surface area contributed by atoms with Crippen LogP contribution in [-0.2, 0) is 10.0 Å². The Morgan fingerprint density at radius 3 is 2.29 bits per heavy atom. The summed E-state index contributed by atoms with van der Waals surface area (Å²) in [4.78, 5) is 19.7. The lowest BCUT2D eigenvalue weighted by molar-refractivity contribution is 0.415. The summed E-state index contributed by atoms with van der Waals surface area (Å²) < 4.78 is 32.8. The molecule has 3 N–H and O–H groups in total. The number of aromatic nitrogens is 2. The summed E-state index contributed by atoms with van der Waals surface area (Å²) in [6.45, 7) is 1.88. The summed E-state index contributed by atoms with van der Waals surface area (Å²) in [5.74, 6) is 0.831. The molecule has 9 heteroatoms. The van der Waals surface area contributed by atoms with E-state index in [9.17, 15) is 13.2 Å². The maximum atomic E-state index is 12.6. The summed E-state index contributed by atoms with van der Waals surface area (Å²) >= 11 is 0. The van der Waals surface area contributed by atoms with Gasteiger partial charge in [0.25, 0.3) is 15.6 Å². The first kappa shape index (κ1) is 20.4. The summed E-state index contributed by atoms with van der Waals surface area (Å²) in [5, 5.41) is 2.97. The number of rotatable bonds is 6. The monoisotopic (exact) mass is 436 g/mol. The van der Waals surface area contributed by atoms with E-state index < -0.39 is 15.6 Å². The fraction of sp³-hybridized carbons (Fsp3) is 0.0909. The quantitative estimate of drug-likeness (QED) is 0.424. The molecule has 0 spiro atoms. The third-order valence-corrected chi connectivity index (χ3v) is 6.03. The van der Waals surface area contributed by atoms with Gasteiger partial charge in [0.15, 0.2) is 5.82 Å². The van der Waals surface area contributed by atoms with Crippen LogP contribution < -0.4 is 20.3 Å². The van der Waals surface area contributed by atoms with E-state index in [1.807, 2.05) is 6.92 Å². The van der Waals surface area contributed by atoms with Crippen molar-refractivity contribution in [3.63, 3.8) is 0 Å². The summed E-state index contributed by atoms with van der Waals surface area (Å²) in [6.07, 6.45) is 0. The SMILES string of the molecule is COc1ccc(Nc2nc3ccc(NS(=O)(=O)c4ccc(C)cc4)cc3[nH]c2=O)cc1. The van der Waals surface area contributed by atoms with Gasteiger partial charge < -0.3 is 15.0 Å². The second-order valence-corrected chi connectivity index (χ2v) is 8.60. The molecule has 3 aromatic carbocycles. The van der Waals surface area contributed by atoms with Gasteiger partial charge in [-0.3, -0.25) is 9.52 Å². The molecule has 1 heterocycles. The third kappa shape index (κ3) is 4.51. The number of anilines is 3. The number of fused-ring (bicyclic) bond motifs is 1. The first-order valence-electron chi connectivity index (χ1n) is 9.39. The number of methoxy groups -OCH3 is 1. The zero-order valence-corrected chi connectivity index (χ0v) is 17.7. The molecule has 158 valence electrons. The number of nitrogens with one attached hydrogen (secondary N) is 3. The minimum Gasteiger partial charge on any atom is -0.497 e. The number of hydrogen-bond donors (Lipinski definition) is 3. The Kier molecular flexibility index (Phi) is 5.35. The molecule has 1 aromatic heterocycles. The number of sulfonamides is 1. The van der Waals surface area contributed by atoms with Crippen LogP contribution in [0.15, 0.2) is 76.4 Å². The second-order valence-electron chi connectivity index (χ2n) is 6.92. The van der Waals surface area contributed by atoms with Gasteiger partial charge in [-0.25, -0.2) is 13.4 Å². The third-order valence-electron chi connectivity index (χ3n) is 4.63. The Hall–Kier alpha value is -3.85. The van der Waals surface area contributed by atoms with Crippen molar-refractivity contribution < 1.29 is 13.2 Å². The molecule has 0 saturated carbocycles. The fourth-order valence-corrected chi connectivity index (χ4v) is 4.03. The normalized spacial score (nSPS) is 11.3. The van der Waals surface area contributed by atoms with E-state index in [-0.39, 0.29) is 10.7 Å². The highest BCUT2D eigenvalue weighted by Gasteiger charge is 2.14. The molecule has 0 aliphatic heterocycles. The average Bonchev–Trinajstić information content (AvgIpc) is 2.75. The summed E-state index contributed by atoms with van der Waals surface area (Å²) in [7, 11) is -2.17. The molecule has 0 bridgehead atoms. The lowest BCUT2D eigenvalue weighted by atomic mass is 10.2. The van der Waals surface area contributed by atoms with Gasteiger partial charge in [-0.2, -0.15) is 0 Å². The number of hydrogen-bond acceptors (Lipinski definition) is 6. The lowest BCUT2D eigenvalue weighted by Crippen LogP contribution is -2.15. The van der Waals surface area contributed by atoms with Crippen LogP contribution in [0.25, 0.3) is 11.0 Å². The van der Waals surface area contributed by atoms with Crippen LogP contribution in [0.4, 0.5) is 17.2 Å². The average molecular weight is 436 g/mol. The van der Waals surface area contributed by atoms with Gasteiger partial charge in [0, 0.05) is 5.69 Å². The van der Waals surface area contributed by atoms with Crippen LogP contribution in [0.5, 0.6) is 5.75 Å². The van der Waals surface area contributed by atoms with E-state index in [0.717, 1.165) is 5.56 Å². The molecule has 0 aliphatic carbocycles. The molecule has 4 rings (SSSR count). The Balaban J connectivity index is 1.60. The fourth-order valence-electron chi connectivity index (χ4n) is 2.98. The van der Waals surface area contributed by atoms with Gasteiger partial charge >= 0.3 is 0 Å². The molecule has 0 fully saturated rings. The van der Waals surface area contributed by atoms with Gasteiger partial charge in [0.1, 0.15) is 5.75 Å². The van der Waals surface area contributed by atoms with Crippen LogP contribution in [0.3, 0.4) is 0 Å². The number of aryl methyl sites for hydroxylation is 1. The van der Waals surface area contributed by atoms with Crippen LogP contribution in [0.2, 0.25) is 0 Å². The highest BCUT2D eigenvalue weighted by molar-refractivity contribution is 7.92. The van der Waals surface area contributed by atoms with Crippen molar-refractivity contribution in [1.82, 2.24) is 9.97 Å². The number of benzene rings is 3. The van der Waals surface area contributed by atoms with Crippen molar-refractivity contribution in [1.29, 1.82) is 0 Å². The first-order chi connectivity index (χ1) is 14.8. The van der Waals surface area contributed by atoms with Crippen molar-refractivity contribution in [2.45, 2.75) is 11.8 Å². The predicted molar refractivity (Wildman–Crippen MR) is 121 cm³/mol. The van der Waals surface area contributed by atoms with Crippen molar-refractivity contribution in [2.24, 2.45) is 0 Å². The Morgan fingerprint density at radius 1 is 0.935 bits per heavy atom. The van der Waals surface area contributed by atoms with Gasteiger partial charge in [-0.05, 0) is 61.5 Å². The first-order valence-corrected chi connectivity index (χ1v) is 10.9. The molecule has 0 amide bonds. The highest BCUT2D eigenvalue weighted by Crippen LogP contribution is 2.22. The zero-order chi connectivity index (χ0) is 22.0. The Labute approximate surface area is 179 Å². The van der Waals surface area contributed by atoms with Crippen LogP contribution >= 0.6 is 0 Å². The summed E-state index contributed by atoms with van der Waals surface area (Å²) in [6, 6.07) is 18.4. The molecular formula is C22H20N4O4S. The van der Waals surface area contributed by atoms with Gasteiger partial charge in [0.05, 0.1) is 28.7 Å². The zero-order valence-electron chi connectivity index (χ0n) is 16.8. The molecule has 0 aliphatic rings. The number of H-pyrrole nitrogens is 1. The van der Waals surface area contributed by atoms with Crippen LogP contribution in [0, 0.1) is 6.92 Å². The minimum absolute atomic E-state index is 0.130. The molecule has 31 heavy (non-hydrogen) atoms. The highest BCUT2D eigenvalue weighted by atomic mass is 32.2. The van der Waals surface area contributed by atoms with E-state index in [1.54, 1.807) is 67.8 Å². The van der Waals surface area contributed by atoms with E-state index >= 15 is 0 Å². The molecule has 8 nitrogen and oxygen atoms in total. The van der Waals surface area contributed by atoms with Gasteiger partial charge in [-0.1, -0.05) is 17.7 Å². The van der Waals surface area contributed by atoms with E-state index in [1.165, 1.54) is 6.07 Å². The maximum Gasteiger partial charge on any atom is 0.291 e. The largest absolute Gasteiger partial charge is 0.497 e. The number of nitrogens with zero attached hydrogens (tertiary/aromatic N) is 1. The molecule has 0 unspecified atom stereocenters. The van der Waals surface area contributed by atoms with Crippen molar-refractivity contribution in [3.8, 4) is 5.75 Å². The van der Waals surface area contributed by atoms with Crippen LogP contribution in [-0.4, -0.2) is 25.5 Å². The number of ether oxygens (including phenoxy) is 1. The molecular weight excluding hydrogens is 416 g/mol. The standard InChI is InChI=1S/C22H20N4O4S/c1-14-3-10-18(11-4-14)31(28,29)26-16-7-12-19-20(13-16)25-22(27)21(24-19)23-15-5-8-17(30-2)9-6-15/h3-13,26H,1-2H3,(H,23,24)(H,25,27). The van der Waals surface area contributed by atoms with E-state index in [4.69, 9.17) is 4.74 Å². The van der Waals surface area contributed by atoms with Gasteiger partial charge in [0.2, 0.25) is 0 Å². The van der Waals surface area contributed by atoms with E-state index in [0.29, 0.717) is 28.2 Å². The lowest BCUT2D eigenvalue weighted by Gasteiger charge is -2.10. The van der Waals surface area contributed by atoms with Gasteiger partial charge in [-0.15, -0.1) is 0 Å². The van der Waals surface area contributed by atoms with E-state index in [2.05, 4.69) is 20.0 Å². The summed E-state index contributed by atoms with van der Waals surface area (Å²) in [5.41, 5.74) is 2.46. The topological polar surface area (TPSA) is 113 Å². The van der Waals surface area contributed by atoms with Crippen molar-refractivity contribution in [2.75, 3.05) is 17.1 Å². The molecule has 0 atom stereocenters. The Morgan fingerprint density at radius 2 is 1.61 bits per heavy atom. The molecule has 4 aromatic rings. The Bertz CT molecular complexity index is 1400. The van der Waals surface area contributed by atoms with Crippen LogP contribution in [0.1, 0.15) is 5.56 Å². The van der Waals surface area contributed by atoms with Crippen molar-refractivity contribution >= 4 is 38.2 Å². The number of aromatic amines is 1. The second kappa shape index (κ2) is 8.11. The smallest absolute Gasteiger partial charge is 0.291 e. The molecule has 0 radical (unpaired) electrons. The molecule has 0 saturated heterocycles. The maximum absolute atomic E-state index is 12.6. The minimum atomic E-state index is -3.75. The van der Waals surface area contributed by atoms with Crippen molar-refractivity contribution in [3.05, 3.63) is 82.6 Å². The predicted octanol–water partition coefficient (Wildman–Crippen LogP) is 3.78.